The normalized spacial score (nSPS) is 13.7. The molecule has 0 aliphatic heterocycles. The maximum Gasteiger partial charge on any atom is 0.335 e. The minimum Gasteiger partial charge on any atom is -0.478 e. The van der Waals surface area contributed by atoms with Crippen LogP contribution in [-0.4, -0.2) is 46.3 Å². The van der Waals surface area contributed by atoms with Crippen LogP contribution < -0.4 is 5.32 Å². The standard InChI is InChI=1S/C16H22N2O4/c19-10-2-1-9-18(14-7-8-14)16(22)17-11-12-3-5-13(6-4-12)15(20)21/h3-6,14,19H,1-2,7-11H2,(H,17,22)(H,20,21). The van der Waals surface area contributed by atoms with Crippen molar-refractivity contribution in [2.24, 2.45) is 0 Å². The van der Waals surface area contributed by atoms with Crippen LogP contribution in [-0.2, 0) is 6.54 Å². The van der Waals surface area contributed by atoms with E-state index in [9.17, 15) is 9.59 Å². The molecule has 2 rings (SSSR count). The molecule has 0 spiro atoms. The third-order valence-corrected chi connectivity index (χ3v) is 3.70. The predicted molar refractivity (Wildman–Crippen MR) is 81.7 cm³/mol. The van der Waals surface area contributed by atoms with E-state index < -0.39 is 5.97 Å². The zero-order valence-electron chi connectivity index (χ0n) is 12.5. The topological polar surface area (TPSA) is 89.9 Å². The van der Waals surface area contributed by atoms with Crippen molar-refractivity contribution in [1.29, 1.82) is 0 Å². The molecule has 0 radical (unpaired) electrons. The van der Waals surface area contributed by atoms with E-state index in [0.29, 0.717) is 25.6 Å². The predicted octanol–water partition coefficient (Wildman–Crippen LogP) is 1.83. The zero-order valence-corrected chi connectivity index (χ0v) is 12.5. The van der Waals surface area contributed by atoms with E-state index in [4.69, 9.17) is 10.2 Å². The van der Waals surface area contributed by atoms with Gasteiger partial charge in [0.25, 0.3) is 0 Å². The van der Waals surface area contributed by atoms with E-state index in [-0.39, 0.29) is 18.2 Å². The van der Waals surface area contributed by atoms with Crippen molar-refractivity contribution in [3.63, 3.8) is 0 Å². The first-order chi connectivity index (χ1) is 10.6. The number of carboxylic acid groups (broad SMARTS) is 1. The molecule has 0 atom stereocenters. The second-order valence-electron chi connectivity index (χ2n) is 5.52. The molecule has 1 fully saturated rings. The van der Waals surface area contributed by atoms with Crippen molar-refractivity contribution in [2.45, 2.75) is 38.3 Å². The second kappa shape index (κ2) is 7.79. The monoisotopic (exact) mass is 306 g/mol. The molecule has 1 aliphatic carbocycles. The van der Waals surface area contributed by atoms with Gasteiger partial charge in [-0.15, -0.1) is 0 Å². The number of aromatic carboxylic acids is 1. The number of aliphatic hydroxyl groups is 1. The van der Waals surface area contributed by atoms with Crippen molar-refractivity contribution < 1.29 is 19.8 Å². The fourth-order valence-electron chi connectivity index (χ4n) is 2.27. The lowest BCUT2D eigenvalue weighted by atomic mass is 10.1. The van der Waals surface area contributed by atoms with Crippen molar-refractivity contribution in [2.75, 3.05) is 13.2 Å². The number of carbonyl (C=O) groups excluding carboxylic acids is 1. The van der Waals surface area contributed by atoms with Gasteiger partial charge in [-0.3, -0.25) is 0 Å². The Labute approximate surface area is 129 Å². The average molecular weight is 306 g/mol. The Kier molecular flexibility index (Phi) is 5.77. The van der Waals surface area contributed by atoms with E-state index in [0.717, 1.165) is 24.8 Å². The molecule has 1 saturated carbocycles. The number of nitrogens with zero attached hydrogens (tertiary/aromatic N) is 1. The third kappa shape index (κ3) is 4.73. The van der Waals surface area contributed by atoms with Gasteiger partial charge >= 0.3 is 12.0 Å². The first kappa shape index (κ1) is 16.3. The van der Waals surface area contributed by atoms with E-state index in [1.807, 2.05) is 4.90 Å². The number of hydrogen-bond donors (Lipinski definition) is 3. The maximum absolute atomic E-state index is 12.2. The fraction of sp³-hybridized carbons (Fsp3) is 0.500. The number of carboxylic acids is 1. The maximum atomic E-state index is 12.2. The highest BCUT2D eigenvalue weighted by atomic mass is 16.4. The summed E-state index contributed by atoms with van der Waals surface area (Å²) in [4.78, 5) is 24.8. The van der Waals surface area contributed by atoms with Crippen LogP contribution in [0.5, 0.6) is 0 Å². The van der Waals surface area contributed by atoms with Gasteiger partial charge < -0.3 is 20.4 Å². The van der Waals surface area contributed by atoms with E-state index >= 15 is 0 Å². The molecule has 120 valence electrons. The molecule has 0 aromatic heterocycles. The molecular weight excluding hydrogens is 284 g/mol. The highest BCUT2D eigenvalue weighted by Crippen LogP contribution is 2.27. The highest BCUT2D eigenvalue weighted by molar-refractivity contribution is 5.87. The Balaban J connectivity index is 1.83. The van der Waals surface area contributed by atoms with E-state index in [1.165, 1.54) is 12.1 Å². The van der Waals surface area contributed by atoms with Gasteiger partial charge in [-0.05, 0) is 43.4 Å². The molecule has 2 amide bonds. The second-order valence-corrected chi connectivity index (χ2v) is 5.52. The number of unbranched alkanes of at least 4 members (excludes halogenated alkanes) is 1. The minimum atomic E-state index is -0.959. The number of rotatable bonds is 8. The van der Waals surface area contributed by atoms with Crippen LogP contribution in [0.1, 0.15) is 41.6 Å². The Morgan fingerprint density at radius 2 is 1.86 bits per heavy atom. The molecule has 1 aromatic rings. The molecule has 6 heteroatoms. The average Bonchev–Trinajstić information content (AvgIpc) is 3.34. The summed E-state index contributed by atoms with van der Waals surface area (Å²) < 4.78 is 0. The van der Waals surface area contributed by atoms with Crippen molar-refractivity contribution in [3.8, 4) is 0 Å². The Hall–Kier alpha value is -2.08. The van der Waals surface area contributed by atoms with Crippen LogP contribution in [0.25, 0.3) is 0 Å². The zero-order chi connectivity index (χ0) is 15.9. The first-order valence-electron chi connectivity index (χ1n) is 7.59. The van der Waals surface area contributed by atoms with Gasteiger partial charge in [0.1, 0.15) is 0 Å². The van der Waals surface area contributed by atoms with Crippen molar-refractivity contribution in [1.82, 2.24) is 10.2 Å². The summed E-state index contributed by atoms with van der Waals surface area (Å²) in [5.41, 5.74) is 1.10. The molecule has 0 heterocycles. The largest absolute Gasteiger partial charge is 0.478 e. The number of nitrogens with one attached hydrogen (secondary N) is 1. The quantitative estimate of drug-likeness (QED) is 0.639. The number of urea groups is 1. The lowest BCUT2D eigenvalue weighted by Gasteiger charge is -2.22. The molecule has 1 aliphatic rings. The van der Waals surface area contributed by atoms with Crippen LogP contribution in [0.3, 0.4) is 0 Å². The Morgan fingerprint density at radius 1 is 1.18 bits per heavy atom. The van der Waals surface area contributed by atoms with Gasteiger partial charge in [0.05, 0.1) is 5.56 Å². The number of benzene rings is 1. The summed E-state index contributed by atoms with van der Waals surface area (Å²) in [6.07, 6.45) is 3.58. The summed E-state index contributed by atoms with van der Waals surface area (Å²) in [6, 6.07) is 6.71. The van der Waals surface area contributed by atoms with Gasteiger partial charge in [-0.25, -0.2) is 9.59 Å². The Bertz CT molecular complexity index is 511. The SMILES string of the molecule is O=C(O)c1ccc(CNC(=O)N(CCCCO)C2CC2)cc1. The number of carbonyl (C=O) groups is 2. The molecule has 3 N–H and O–H groups in total. The molecule has 22 heavy (non-hydrogen) atoms. The Morgan fingerprint density at radius 3 is 2.41 bits per heavy atom. The molecular formula is C16H22N2O4. The van der Waals surface area contributed by atoms with E-state index in [2.05, 4.69) is 5.32 Å². The fourth-order valence-corrected chi connectivity index (χ4v) is 2.27. The summed E-state index contributed by atoms with van der Waals surface area (Å²) in [7, 11) is 0. The lowest BCUT2D eigenvalue weighted by Crippen LogP contribution is -2.41. The first-order valence-corrected chi connectivity index (χ1v) is 7.59. The lowest BCUT2D eigenvalue weighted by molar-refractivity contribution is 0.0697. The summed E-state index contributed by atoms with van der Waals surface area (Å²) in [6.45, 7) is 1.19. The molecule has 0 unspecified atom stereocenters. The van der Waals surface area contributed by atoms with Gasteiger partial charge in [0, 0.05) is 25.7 Å². The van der Waals surface area contributed by atoms with Crippen molar-refractivity contribution in [3.05, 3.63) is 35.4 Å². The van der Waals surface area contributed by atoms with Gasteiger partial charge in [0.2, 0.25) is 0 Å². The van der Waals surface area contributed by atoms with Crippen LogP contribution >= 0.6 is 0 Å². The van der Waals surface area contributed by atoms with Crippen LogP contribution in [0.15, 0.2) is 24.3 Å². The summed E-state index contributed by atoms with van der Waals surface area (Å²) in [5, 5.41) is 20.5. The molecule has 0 saturated heterocycles. The van der Waals surface area contributed by atoms with Gasteiger partial charge in [-0.1, -0.05) is 12.1 Å². The van der Waals surface area contributed by atoms with Gasteiger partial charge in [-0.2, -0.15) is 0 Å². The summed E-state index contributed by atoms with van der Waals surface area (Å²) >= 11 is 0. The van der Waals surface area contributed by atoms with Crippen LogP contribution in [0.4, 0.5) is 4.79 Å². The van der Waals surface area contributed by atoms with Crippen LogP contribution in [0, 0.1) is 0 Å². The van der Waals surface area contributed by atoms with Crippen LogP contribution in [0.2, 0.25) is 0 Å². The van der Waals surface area contributed by atoms with Crippen molar-refractivity contribution >= 4 is 12.0 Å². The molecule has 1 aromatic carbocycles. The number of amides is 2. The highest BCUT2D eigenvalue weighted by Gasteiger charge is 2.31. The number of hydrogen-bond acceptors (Lipinski definition) is 3. The van der Waals surface area contributed by atoms with Gasteiger partial charge in [0.15, 0.2) is 0 Å². The minimum absolute atomic E-state index is 0.0947. The van der Waals surface area contributed by atoms with E-state index in [1.54, 1.807) is 12.1 Å². The summed E-state index contributed by atoms with van der Waals surface area (Å²) in [5.74, 6) is -0.959. The molecule has 0 bridgehead atoms. The third-order valence-electron chi connectivity index (χ3n) is 3.70. The smallest absolute Gasteiger partial charge is 0.335 e. The molecule has 6 nitrogen and oxygen atoms in total. The number of aliphatic hydroxyl groups excluding tert-OH is 1.